The third kappa shape index (κ3) is 8.07. The van der Waals surface area contributed by atoms with Gasteiger partial charge in [-0.15, -0.1) is 0 Å². The topological polar surface area (TPSA) is 382 Å². The molecule has 0 amide bonds. The fourth-order valence-corrected chi connectivity index (χ4v) is 8.87. The van der Waals surface area contributed by atoms with Crippen molar-refractivity contribution in [3.8, 4) is 22.6 Å². The Morgan fingerprint density at radius 2 is 0.850 bits per heavy atom. The third-order valence-corrected chi connectivity index (χ3v) is 12.3. The van der Waals surface area contributed by atoms with E-state index in [4.69, 9.17) is 20.9 Å². The molecular formula is C34H24N6O16S4-4. The van der Waals surface area contributed by atoms with E-state index in [0.717, 1.165) is 24.3 Å². The van der Waals surface area contributed by atoms with Crippen LogP contribution in [0.15, 0.2) is 90.5 Å². The zero-order chi connectivity index (χ0) is 44.3. The number of fused-ring (bicyclic) bond motifs is 2. The summed E-state index contributed by atoms with van der Waals surface area (Å²) in [7, 11) is -19.0. The number of Topliss-reactive ketones (excluding diaryl/α,β-unsaturated/α-hetero) is 2. The molecule has 2 aliphatic carbocycles. The van der Waals surface area contributed by atoms with Crippen LogP contribution < -0.4 is 31.8 Å². The van der Waals surface area contributed by atoms with E-state index in [9.17, 15) is 61.5 Å². The van der Waals surface area contributed by atoms with Crippen molar-refractivity contribution in [3.05, 3.63) is 82.9 Å². The molecular weight excluding hydrogens is 877 g/mol. The number of hydrazone groups is 2. The van der Waals surface area contributed by atoms with E-state index in [0.29, 0.717) is 23.3 Å². The van der Waals surface area contributed by atoms with E-state index < -0.39 is 117 Å². The average Bonchev–Trinajstić information content (AvgIpc) is 3.15. The largest absolute Gasteiger partial charge is 0.744 e. The highest BCUT2D eigenvalue weighted by Crippen LogP contribution is 2.38. The lowest BCUT2D eigenvalue weighted by molar-refractivity contribution is 0.105. The summed E-state index contributed by atoms with van der Waals surface area (Å²) in [4.78, 5) is 21.9. The number of ketones is 2. The molecule has 4 aromatic rings. The predicted molar refractivity (Wildman–Crippen MR) is 207 cm³/mol. The quantitative estimate of drug-likeness (QED) is 0.0941. The molecule has 0 radical (unpaired) electrons. The molecule has 0 bridgehead atoms. The molecule has 60 heavy (non-hydrogen) atoms. The fraction of sp³-hybridized carbons (Fsp3) is 0.0588. The molecule has 0 saturated carbocycles. The molecule has 6 rings (SSSR count). The Labute approximate surface area is 339 Å². The summed E-state index contributed by atoms with van der Waals surface area (Å²) < 4.78 is 153. The van der Waals surface area contributed by atoms with E-state index in [-0.39, 0.29) is 22.9 Å². The molecule has 0 heterocycles. The summed E-state index contributed by atoms with van der Waals surface area (Å²) in [6, 6.07) is 9.85. The number of benzene rings is 4. The molecule has 22 nitrogen and oxygen atoms in total. The number of methoxy groups -OCH3 is 2. The first-order valence-corrected chi connectivity index (χ1v) is 21.8. The Balaban J connectivity index is 1.27. The van der Waals surface area contributed by atoms with Gasteiger partial charge in [0.25, 0.3) is 0 Å². The van der Waals surface area contributed by atoms with Crippen molar-refractivity contribution >= 4 is 98.4 Å². The van der Waals surface area contributed by atoms with Crippen LogP contribution in [0.3, 0.4) is 0 Å². The van der Waals surface area contributed by atoms with Crippen LogP contribution in [-0.4, -0.2) is 89.1 Å². The number of ether oxygens (including phenoxy) is 2. The van der Waals surface area contributed by atoms with Crippen LogP contribution in [0.2, 0.25) is 0 Å². The van der Waals surface area contributed by atoms with Crippen LogP contribution in [0.4, 0.5) is 22.7 Å². The van der Waals surface area contributed by atoms with Gasteiger partial charge in [-0.3, -0.25) is 20.4 Å². The smallest absolute Gasteiger partial charge is 0.215 e. The summed E-state index contributed by atoms with van der Waals surface area (Å²) in [5.41, 5.74) is 13.1. The van der Waals surface area contributed by atoms with Gasteiger partial charge in [0.2, 0.25) is 11.6 Å². The number of hydrogen-bond donors (Lipinski definition) is 4. The lowest BCUT2D eigenvalue weighted by Gasteiger charge is -2.22. The molecule has 0 saturated heterocycles. The number of rotatable bonds is 11. The Morgan fingerprint density at radius 1 is 0.517 bits per heavy atom. The summed E-state index contributed by atoms with van der Waals surface area (Å²) >= 11 is 0. The highest BCUT2D eigenvalue weighted by atomic mass is 32.2. The number of hydrogen-bond acceptors (Lipinski definition) is 22. The Hall–Kier alpha value is -6.52. The Bertz CT molecular complexity index is 2970. The fourth-order valence-electron chi connectivity index (χ4n) is 6.05. The molecule has 0 fully saturated rings. The average molecular weight is 901 g/mol. The molecule has 0 unspecified atom stereocenters. The van der Waals surface area contributed by atoms with Gasteiger partial charge in [-0.05, 0) is 59.7 Å². The van der Waals surface area contributed by atoms with Crippen molar-refractivity contribution in [2.24, 2.45) is 10.2 Å². The van der Waals surface area contributed by atoms with Crippen molar-refractivity contribution in [3.63, 3.8) is 0 Å². The van der Waals surface area contributed by atoms with E-state index >= 15 is 0 Å². The summed E-state index contributed by atoms with van der Waals surface area (Å²) in [5.74, 6) is -1.89. The van der Waals surface area contributed by atoms with Crippen molar-refractivity contribution in [2.45, 2.75) is 19.6 Å². The van der Waals surface area contributed by atoms with Gasteiger partial charge < -0.3 is 39.2 Å². The number of anilines is 4. The molecule has 0 spiro atoms. The summed E-state index contributed by atoms with van der Waals surface area (Å²) in [5, 5.41) is 8.00. The molecule has 0 atom stereocenters. The van der Waals surface area contributed by atoms with Gasteiger partial charge in [0.1, 0.15) is 63.4 Å². The van der Waals surface area contributed by atoms with E-state index in [1.807, 2.05) is 0 Å². The van der Waals surface area contributed by atoms with Crippen molar-refractivity contribution in [1.82, 2.24) is 0 Å². The maximum atomic E-state index is 13.4. The summed E-state index contributed by atoms with van der Waals surface area (Å²) in [6.45, 7) is 0. The second kappa shape index (κ2) is 15.3. The summed E-state index contributed by atoms with van der Waals surface area (Å²) in [6.07, 6.45) is 4.07. The van der Waals surface area contributed by atoms with Crippen molar-refractivity contribution in [1.29, 1.82) is 0 Å². The number of nitrogens with one attached hydrogen (secondary N) is 2. The first-order valence-electron chi connectivity index (χ1n) is 16.1. The zero-order valence-electron chi connectivity index (χ0n) is 30.1. The van der Waals surface area contributed by atoms with Crippen LogP contribution in [0.25, 0.3) is 23.3 Å². The molecule has 6 N–H and O–H groups in total. The Kier molecular flexibility index (Phi) is 11.0. The molecule has 2 aliphatic rings. The van der Waals surface area contributed by atoms with Gasteiger partial charge in [-0.1, -0.05) is 24.3 Å². The van der Waals surface area contributed by atoms with Gasteiger partial charge >= 0.3 is 0 Å². The predicted octanol–water partition coefficient (Wildman–Crippen LogP) is 1.51. The van der Waals surface area contributed by atoms with Crippen molar-refractivity contribution < 1.29 is 70.9 Å². The maximum absolute atomic E-state index is 13.4. The lowest BCUT2D eigenvalue weighted by atomic mass is 9.93. The lowest BCUT2D eigenvalue weighted by Crippen LogP contribution is -2.23. The highest BCUT2D eigenvalue weighted by Gasteiger charge is 2.31. The maximum Gasteiger partial charge on any atom is 0.215 e. The van der Waals surface area contributed by atoms with Gasteiger partial charge in [0.15, 0.2) is 0 Å². The van der Waals surface area contributed by atoms with Gasteiger partial charge in [-0.25, -0.2) is 33.7 Å². The van der Waals surface area contributed by atoms with Crippen LogP contribution >= 0.6 is 0 Å². The second-order valence-electron chi connectivity index (χ2n) is 12.3. The first-order chi connectivity index (χ1) is 27.9. The number of carbonyl (C=O) groups excluding carboxylic acids is 2. The molecule has 0 aliphatic heterocycles. The second-order valence-corrected chi connectivity index (χ2v) is 17.7. The highest BCUT2D eigenvalue weighted by molar-refractivity contribution is 7.87. The molecule has 26 heteroatoms. The van der Waals surface area contributed by atoms with E-state index in [1.165, 1.54) is 26.4 Å². The normalized spacial score (nSPS) is 15.5. The molecule has 4 aromatic carbocycles. The number of nitrogens with zero attached hydrogens (tertiary/aromatic N) is 2. The SMILES string of the molecule is COc1cc(-c2ccc(N/N=C3\C=Cc4c(S(=O)(=O)[O-])cc(S(=O)(=O)[O-])c(N)c4C3=O)c(OC)c2)ccc1N/N=C1\C=Cc2c(S(=O)(=O)[O-])cc(S(=O)(=O)[O-])c(N)c2C1=O. The van der Waals surface area contributed by atoms with Crippen molar-refractivity contribution in [2.75, 3.05) is 36.5 Å². The van der Waals surface area contributed by atoms with Gasteiger partial charge in [-0.2, -0.15) is 10.2 Å². The number of nitrogen functional groups attached to an aromatic ring is 2. The van der Waals surface area contributed by atoms with Gasteiger partial charge in [0, 0.05) is 11.1 Å². The van der Waals surface area contributed by atoms with E-state index in [1.54, 1.807) is 24.3 Å². The zero-order valence-corrected chi connectivity index (χ0v) is 33.4. The minimum Gasteiger partial charge on any atom is -0.744 e. The van der Waals surface area contributed by atoms with E-state index in [2.05, 4.69) is 21.1 Å². The third-order valence-electron chi connectivity index (χ3n) is 8.81. The van der Waals surface area contributed by atoms with Gasteiger partial charge in [0.05, 0.1) is 67.7 Å². The first kappa shape index (κ1) is 43.1. The van der Waals surface area contributed by atoms with Crippen LogP contribution in [0.5, 0.6) is 11.5 Å². The van der Waals surface area contributed by atoms with Crippen LogP contribution in [0, 0.1) is 0 Å². The number of carbonyl (C=O) groups is 2. The standard InChI is InChI=1S/C34H28N6O16S4/c1-55-23-11-15(3-7-19(23)37-39-21-9-5-17-25(57(43,44)45)13-27(59(49,50)51)31(35)29(17)33(21)41)16-4-8-20(24(12-16)56-2)38-40-22-10-6-18-26(58(46,47)48)14-28(60(52,53)54)32(36)30(18)34(22)42/h3-14,37-38H,35-36H2,1-2H3,(H,43,44,45)(H,46,47,48)(H,49,50,51)(H,52,53,54)/p-4/b39-21+,40-22+. The van der Waals surface area contributed by atoms with Crippen LogP contribution in [0.1, 0.15) is 31.8 Å². The molecule has 0 aromatic heterocycles. The monoisotopic (exact) mass is 900 g/mol. The Morgan fingerprint density at radius 3 is 1.15 bits per heavy atom. The molecule has 314 valence electrons. The van der Waals surface area contributed by atoms with Crippen LogP contribution in [-0.2, 0) is 40.5 Å². The minimum absolute atomic E-state index is 0.166. The number of allylic oxidation sites excluding steroid dienone is 2. The minimum atomic E-state index is -5.43. The number of nitrogens with two attached hydrogens (primary N) is 2.